The van der Waals surface area contributed by atoms with E-state index in [9.17, 15) is 0 Å². The third-order valence-corrected chi connectivity index (χ3v) is 4.95. The van der Waals surface area contributed by atoms with Crippen LogP contribution in [0.1, 0.15) is 12.5 Å². The van der Waals surface area contributed by atoms with Crippen molar-refractivity contribution in [2.75, 3.05) is 29.1 Å². The molecule has 1 unspecified atom stereocenters. The zero-order valence-corrected chi connectivity index (χ0v) is 13.5. The van der Waals surface area contributed by atoms with Gasteiger partial charge in [0.25, 0.3) is 0 Å². The first-order valence-corrected chi connectivity index (χ1v) is 8.51. The lowest BCUT2D eigenvalue weighted by Gasteiger charge is -2.37. The third-order valence-electron chi connectivity index (χ3n) is 3.96. The molecule has 1 aliphatic heterocycles. The maximum absolute atomic E-state index is 3.51. The molecule has 0 fully saturated rings. The molecule has 1 atom stereocenters. The van der Waals surface area contributed by atoms with Gasteiger partial charge < -0.3 is 10.2 Å². The number of nitrogens with zero attached hydrogens (tertiary/aromatic N) is 1. The van der Waals surface area contributed by atoms with E-state index in [-0.39, 0.29) is 0 Å². The van der Waals surface area contributed by atoms with Gasteiger partial charge in [0.15, 0.2) is 0 Å². The van der Waals surface area contributed by atoms with Crippen molar-refractivity contribution in [2.45, 2.75) is 24.8 Å². The number of benzene rings is 2. The number of hydrogen-bond acceptors (Lipinski definition) is 3. The van der Waals surface area contributed by atoms with E-state index >= 15 is 0 Å². The van der Waals surface area contributed by atoms with E-state index < -0.39 is 0 Å². The number of hydrogen-bond donors (Lipinski definition) is 1. The van der Waals surface area contributed by atoms with Crippen LogP contribution in [0, 0.1) is 6.92 Å². The Labute approximate surface area is 131 Å². The van der Waals surface area contributed by atoms with E-state index in [1.807, 2.05) is 11.8 Å². The fraction of sp³-hybridized carbons (Fsp3) is 0.333. The lowest BCUT2D eigenvalue weighted by molar-refractivity contribution is 0.661. The van der Waals surface area contributed by atoms with Gasteiger partial charge in [0, 0.05) is 29.8 Å². The highest BCUT2D eigenvalue weighted by Crippen LogP contribution is 2.31. The molecule has 1 N–H and O–H groups in total. The van der Waals surface area contributed by atoms with Gasteiger partial charge in [-0.05, 0) is 38.1 Å². The summed E-state index contributed by atoms with van der Waals surface area (Å²) in [4.78, 5) is 3.88. The van der Waals surface area contributed by atoms with Crippen LogP contribution in [0.25, 0.3) is 0 Å². The number of rotatable bonds is 4. The molecular weight excluding hydrogens is 276 g/mol. The minimum Gasteiger partial charge on any atom is -0.381 e. The van der Waals surface area contributed by atoms with E-state index in [1.165, 1.54) is 21.8 Å². The number of para-hydroxylation sites is 2. The summed E-state index contributed by atoms with van der Waals surface area (Å²) in [5.41, 5.74) is 3.92. The second kappa shape index (κ2) is 6.44. The van der Waals surface area contributed by atoms with Crippen LogP contribution in [0.4, 0.5) is 11.4 Å². The number of nitrogens with one attached hydrogen (secondary N) is 1. The Bertz CT molecular complexity index is 594. The molecule has 0 aliphatic carbocycles. The molecular formula is C18H22N2S. The van der Waals surface area contributed by atoms with Gasteiger partial charge in [-0.3, -0.25) is 0 Å². The van der Waals surface area contributed by atoms with E-state index in [1.54, 1.807) is 0 Å². The van der Waals surface area contributed by atoms with Gasteiger partial charge >= 0.3 is 0 Å². The van der Waals surface area contributed by atoms with Crippen LogP contribution in [-0.4, -0.2) is 24.9 Å². The lowest BCUT2D eigenvalue weighted by Crippen LogP contribution is -2.43. The average Bonchev–Trinajstić information content (AvgIpc) is 2.51. The fourth-order valence-electron chi connectivity index (χ4n) is 2.72. The second-order valence-electron chi connectivity index (χ2n) is 5.60. The minimum absolute atomic E-state index is 0.540. The number of fused-ring (bicyclic) bond motifs is 1. The van der Waals surface area contributed by atoms with Gasteiger partial charge in [-0.1, -0.05) is 29.8 Å². The zero-order chi connectivity index (χ0) is 14.7. The lowest BCUT2D eigenvalue weighted by atomic mass is 10.1. The van der Waals surface area contributed by atoms with Crippen LogP contribution >= 0.6 is 11.8 Å². The summed E-state index contributed by atoms with van der Waals surface area (Å²) in [6, 6.07) is 18.0. The van der Waals surface area contributed by atoms with Crippen LogP contribution in [0.5, 0.6) is 0 Å². The summed E-state index contributed by atoms with van der Waals surface area (Å²) in [7, 11) is 0. The Morgan fingerprint density at radius 3 is 2.71 bits per heavy atom. The van der Waals surface area contributed by atoms with Gasteiger partial charge in [-0.15, -0.1) is 11.8 Å². The normalized spacial score (nSPS) is 17.2. The largest absolute Gasteiger partial charge is 0.381 e. The van der Waals surface area contributed by atoms with Crippen molar-refractivity contribution >= 4 is 23.1 Å². The van der Waals surface area contributed by atoms with Gasteiger partial charge in [-0.2, -0.15) is 0 Å². The molecule has 2 aromatic carbocycles. The van der Waals surface area contributed by atoms with E-state index in [4.69, 9.17) is 0 Å². The highest BCUT2D eigenvalue weighted by Gasteiger charge is 2.21. The molecule has 110 valence electrons. The van der Waals surface area contributed by atoms with Crippen LogP contribution in [0.3, 0.4) is 0 Å². The maximum Gasteiger partial charge on any atom is 0.0605 e. The smallest absolute Gasteiger partial charge is 0.0605 e. The molecule has 0 spiro atoms. The molecule has 0 bridgehead atoms. The molecule has 3 heteroatoms. The van der Waals surface area contributed by atoms with Crippen molar-refractivity contribution in [1.29, 1.82) is 0 Å². The standard InChI is InChI=1S/C18H22N2S/c1-14-7-9-16(10-8-14)21-12-11-20-15(2)13-19-17-5-3-4-6-18(17)20/h3-10,15,19H,11-13H2,1-2H3. The molecule has 0 saturated carbocycles. The van der Waals surface area contributed by atoms with Gasteiger partial charge in [-0.25, -0.2) is 0 Å². The predicted molar refractivity (Wildman–Crippen MR) is 93.6 cm³/mol. The second-order valence-corrected chi connectivity index (χ2v) is 6.77. The molecule has 0 saturated heterocycles. The van der Waals surface area contributed by atoms with E-state index in [0.717, 1.165) is 18.8 Å². The van der Waals surface area contributed by atoms with Crippen molar-refractivity contribution in [2.24, 2.45) is 0 Å². The van der Waals surface area contributed by atoms with Crippen molar-refractivity contribution in [3.05, 3.63) is 54.1 Å². The number of anilines is 2. The quantitative estimate of drug-likeness (QED) is 0.842. The number of aryl methyl sites for hydroxylation is 1. The van der Waals surface area contributed by atoms with Gasteiger partial charge in [0.1, 0.15) is 0 Å². The summed E-state index contributed by atoms with van der Waals surface area (Å²) in [5.74, 6) is 1.11. The topological polar surface area (TPSA) is 15.3 Å². The molecule has 0 aromatic heterocycles. The Hall–Kier alpha value is -1.61. The average molecular weight is 298 g/mol. The molecule has 1 heterocycles. The molecule has 1 aliphatic rings. The molecule has 0 radical (unpaired) electrons. The first kappa shape index (κ1) is 14.3. The summed E-state index contributed by atoms with van der Waals surface area (Å²) in [6.45, 7) is 6.53. The Morgan fingerprint density at radius 1 is 1.14 bits per heavy atom. The van der Waals surface area contributed by atoms with Crippen LogP contribution in [-0.2, 0) is 0 Å². The first-order valence-electron chi connectivity index (χ1n) is 7.53. The van der Waals surface area contributed by atoms with Crippen LogP contribution < -0.4 is 10.2 Å². The van der Waals surface area contributed by atoms with Crippen LogP contribution in [0.15, 0.2) is 53.4 Å². The van der Waals surface area contributed by atoms with Crippen molar-refractivity contribution in [1.82, 2.24) is 0 Å². The maximum atomic E-state index is 3.51. The van der Waals surface area contributed by atoms with E-state index in [0.29, 0.717) is 6.04 Å². The number of thioether (sulfide) groups is 1. The molecule has 3 rings (SSSR count). The third kappa shape index (κ3) is 3.35. The summed E-state index contributed by atoms with van der Waals surface area (Å²) >= 11 is 1.94. The Kier molecular flexibility index (Phi) is 4.39. The van der Waals surface area contributed by atoms with Crippen molar-refractivity contribution in [3.8, 4) is 0 Å². The molecule has 0 amide bonds. The summed E-state index contributed by atoms with van der Waals surface area (Å²) < 4.78 is 0. The summed E-state index contributed by atoms with van der Waals surface area (Å²) in [5, 5.41) is 3.51. The minimum atomic E-state index is 0.540. The van der Waals surface area contributed by atoms with Gasteiger partial charge in [0.05, 0.1) is 11.4 Å². The SMILES string of the molecule is Cc1ccc(SCCN2c3ccccc3NCC2C)cc1. The fourth-order valence-corrected chi connectivity index (χ4v) is 3.57. The highest BCUT2D eigenvalue weighted by molar-refractivity contribution is 7.99. The van der Waals surface area contributed by atoms with Gasteiger partial charge in [0.2, 0.25) is 0 Å². The predicted octanol–water partition coefficient (Wildman–Crippen LogP) is 4.41. The highest BCUT2D eigenvalue weighted by atomic mass is 32.2. The summed E-state index contributed by atoms with van der Waals surface area (Å²) in [6.07, 6.45) is 0. The molecule has 2 nitrogen and oxygen atoms in total. The zero-order valence-electron chi connectivity index (χ0n) is 12.7. The first-order chi connectivity index (χ1) is 10.2. The Morgan fingerprint density at radius 2 is 1.90 bits per heavy atom. The van der Waals surface area contributed by atoms with Crippen LogP contribution in [0.2, 0.25) is 0 Å². The monoisotopic (exact) mass is 298 g/mol. The van der Waals surface area contributed by atoms with Crippen molar-refractivity contribution in [3.63, 3.8) is 0 Å². The molecule has 2 aromatic rings. The van der Waals surface area contributed by atoms with E-state index in [2.05, 4.69) is 72.6 Å². The molecule has 21 heavy (non-hydrogen) atoms. The Balaban J connectivity index is 1.63. The van der Waals surface area contributed by atoms with Crippen molar-refractivity contribution < 1.29 is 0 Å².